The fourth-order valence-corrected chi connectivity index (χ4v) is 1.76. The van der Waals surface area contributed by atoms with Crippen molar-refractivity contribution in [1.29, 1.82) is 0 Å². The summed E-state index contributed by atoms with van der Waals surface area (Å²) in [4.78, 5) is 4.08. The smallest absolute Gasteiger partial charge is 0.213 e. The summed E-state index contributed by atoms with van der Waals surface area (Å²) >= 11 is 0. The Morgan fingerprint density at radius 1 is 0.905 bits per heavy atom. The minimum atomic E-state index is 0.573. The highest BCUT2D eigenvalue weighted by Gasteiger charge is 2.01. The first-order valence-corrected chi connectivity index (χ1v) is 6.90. The Bertz CT molecular complexity index is 520. The molecule has 0 aliphatic heterocycles. The Morgan fingerprint density at radius 2 is 1.62 bits per heavy atom. The predicted octanol–water partition coefficient (Wildman–Crippen LogP) is 2.14. The molecule has 2 aromatic rings. The summed E-state index contributed by atoms with van der Waals surface area (Å²) in [6, 6.07) is 13.2. The molecular weight excluding hydrogens is 268 g/mol. The van der Waals surface area contributed by atoms with Crippen LogP contribution in [0.15, 0.2) is 48.7 Å². The Kier molecular flexibility index (Phi) is 6.35. The number of nitrogens with zero attached hydrogens (tertiary/aromatic N) is 1. The van der Waals surface area contributed by atoms with E-state index in [1.54, 1.807) is 13.3 Å². The van der Waals surface area contributed by atoms with Crippen LogP contribution in [-0.4, -0.2) is 38.4 Å². The lowest BCUT2D eigenvalue weighted by atomic mass is 10.3. The van der Waals surface area contributed by atoms with Gasteiger partial charge in [-0.3, -0.25) is 0 Å². The van der Waals surface area contributed by atoms with Crippen LogP contribution in [0, 0.1) is 0 Å². The van der Waals surface area contributed by atoms with Gasteiger partial charge in [0.05, 0.1) is 7.11 Å². The van der Waals surface area contributed by atoms with Crippen molar-refractivity contribution >= 4 is 0 Å². The maximum absolute atomic E-state index is 5.65. The van der Waals surface area contributed by atoms with Gasteiger partial charge in [-0.25, -0.2) is 4.98 Å². The van der Waals surface area contributed by atoms with E-state index in [0.717, 1.165) is 24.6 Å². The van der Waals surface area contributed by atoms with Crippen molar-refractivity contribution in [3.05, 3.63) is 48.7 Å². The lowest BCUT2D eigenvalue weighted by molar-refractivity contribution is 0.275. The molecular formula is C16H20N2O3. The number of ether oxygens (including phenoxy) is 3. The summed E-state index contributed by atoms with van der Waals surface area (Å²) in [6.45, 7) is 2.63. The minimum absolute atomic E-state index is 0.573. The normalized spacial score (nSPS) is 10.1. The molecule has 1 N–H and O–H groups in total. The Morgan fingerprint density at radius 3 is 2.33 bits per heavy atom. The number of benzene rings is 1. The Hall–Kier alpha value is -2.27. The minimum Gasteiger partial charge on any atom is -0.493 e. The number of rotatable bonds is 9. The maximum atomic E-state index is 5.65. The lowest BCUT2D eigenvalue weighted by Gasteiger charge is -2.11. The van der Waals surface area contributed by atoms with Gasteiger partial charge in [-0.2, -0.15) is 0 Å². The SMILES string of the molecule is COc1ccccc1OCCNCCOc1ccccn1. The number of nitrogens with one attached hydrogen (secondary N) is 1. The standard InChI is InChI=1S/C16H20N2O3/c1-19-14-6-2-3-7-15(14)20-12-10-17-11-13-21-16-8-4-5-9-18-16/h2-9,17H,10-13H2,1H3. The molecule has 0 saturated carbocycles. The van der Waals surface area contributed by atoms with E-state index in [0.29, 0.717) is 19.1 Å². The van der Waals surface area contributed by atoms with E-state index in [1.165, 1.54) is 0 Å². The Balaban J connectivity index is 1.56. The molecule has 0 saturated heterocycles. The summed E-state index contributed by atoms with van der Waals surface area (Å²) < 4.78 is 16.3. The van der Waals surface area contributed by atoms with Gasteiger partial charge >= 0.3 is 0 Å². The van der Waals surface area contributed by atoms with Crippen molar-refractivity contribution < 1.29 is 14.2 Å². The number of pyridine rings is 1. The quantitative estimate of drug-likeness (QED) is 0.716. The molecule has 0 radical (unpaired) electrons. The summed E-state index contributed by atoms with van der Waals surface area (Å²) in [5, 5.41) is 3.24. The number of hydrogen-bond donors (Lipinski definition) is 1. The van der Waals surface area contributed by atoms with Gasteiger partial charge < -0.3 is 19.5 Å². The van der Waals surface area contributed by atoms with Crippen molar-refractivity contribution in [2.24, 2.45) is 0 Å². The van der Waals surface area contributed by atoms with E-state index >= 15 is 0 Å². The van der Waals surface area contributed by atoms with Crippen LogP contribution in [0.2, 0.25) is 0 Å². The fourth-order valence-electron chi connectivity index (χ4n) is 1.76. The molecule has 0 atom stereocenters. The lowest BCUT2D eigenvalue weighted by Crippen LogP contribution is -2.26. The number of aromatic nitrogens is 1. The molecule has 1 aromatic heterocycles. The van der Waals surface area contributed by atoms with E-state index in [4.69, 9.17) is 14.2 Å². The summed E-state index contributed by atoms with van der Waals surface area (Å²) in [5.74, 6) is 2.15. The zero-order valence-corrected chi connectivity index (χ0v) is 12.1. The van der Waals surface area contributed by atoms with Gasteiger partial charge in [-0.05, 0) is 18.2 Å². The summed E-state index contributed by atoms with van der Waals surface area (Å²) in [7, 11) is 1.63. The molecule has 0 aliphatic carbocycles. The van der Waals surface area contributed by atoms with Gasteiger partial charge in [-0.15, -0.1) is 0 Å². The molecule has 0 aliphatic rings. The second-order valence-electron chi connectivity index (χ2n) is 4.27. The summed E-state index contributed by atoms with van der Waals surface area (Å²) in [5.41, 5.74) is 0. The number of para-hydroxylation sites is 2. The van der Waals surface area contributed by atoms with Gasteiger partial charge in [-0.1, -0.05) is 18.2 Å². The third kappa shape index (κ3) is 5.31. The van der Waals surface area contributed by atoms with Crippen molar-refractivity contribution in [1.82, 2.24) is 10.3 Å². The van der Waals surface area contributed by atoms with Crippen LogP contribution >= 0.6 is 0 Å². The molecule has 0 amide bonds. The molecule has 0 fully saturated rings. The van der Waals surface area contributed by atoms with E-state index in [9.17, 15) is 0 Å². The van der Waals surface area contributed by atoms with Gasteiger partial charge in [0.25, 0.3) is 0 Å². The van der Waals surface area contributed by atoms with E-state index in [2.05, 4.69) is 10.3 Å². The van der Waals surface area contributed by atoms with E-state index in [-0.39, 0.29) is 0 Å². The third-order valence-corrected chi connectivity index (χ3v) is 2.77. The second-order valence-corrected chi connectivity index (χ2v) is 4.27. The third-order valence-electron chi connectivity index (χ3n) is 2.77. The van der Waals surface area contributed by atoms with Crippen LogP contribution in [0.5, 0.6) is 17.4 Å². The molecule has 21 heavy (non-hydrogen) atoms. The van der Waals surface area contributed by atoms with E-state index < -0.39 is 0 Å². The molecule has 0 spiro atoms. The van der Waals surface area contributed by atoms with Gasteiger partial charge in [0.15, 0.2) is 11.5 Å². The topological polar surface area (TPSA) is 52.6 Å². The number of hydrogen-bond acceptors (Lipinski definition) is 5. The highest BCUT2D eigenvalue weighted by molar-refractivity contribution is 5.39. The molecule has 0 bridgehead atoms. The van der Waals surface area contributed by atoms with Gasteiger partial charge in [0.2, 0.25) is 5.88 Å². The first kappa shape index (κ1) is 15.1. The zero-order valence-electron chi connectivity index (χ0n) is 12.1. The summed E-state index contributed by atoms with van der Waals surface area (Å²) in [6.07, 6.45) is 1.71. The highest BCUT2D eigenvalue weighted by Crippen LogP contribution is 2.25. The van der Waals surface area contributed by atoms with Crippen LogP contribution in [-0.2, 0) is 0 Å². The van der Waals surface area contributed by atoms with Gasteiger partial charge in [0.1, 0.15) is 13.2 Å². The fraction of sp³-hybridized carbons (Fsp3) is 0.312. The molecule has 0 unspecified atom stereocenters. The van der Waals surface area contributed by atoms with Gasteiger partial charge in [0, 0.05) is 25.4 Å². The van der Waals surface area contributed by atoms with Crippen molar-refractivity contribution in [2.75, 3.05) is 33.4 Å². The molecule has 5 nitrogen and oxygen atoms in total. The predicted molar refractivity (Wildman–Crippen MR) is 81.1 cm³/mol. The first-order valence-electron chi connectivity index (χ1n) is 6.90. The molecule has 5 heteroatoms. The zero-order chi connectivity index (χ0) is 14.8. The molecule has 1 heterocycles. The molecule has 2 rings (SSSR count). The monoisotopic (exact) mass is 288 g/mol. The Labute approximate surface area is 124 Å². The second kappa shape index (κ2) is 8.81. The average molecular weight is 288 g/mol. The van der Waals surface area contributed by atoms with Crippen LogP contribution in [0.3, 0.4) is 0 Å². The van der Waals surface area contributed by atoms with Crippen molar-refractivity contribution in [2.45, 2.75) is 0 Å². The first-order chi connectivity index (χ1) is 10.4. The van der Waals surface area contributed by atoms with Crippen molar-refractivity contribution in [3.63, 3.8) is 0 Å². The van der Waals surface area contributed by atoms with Crippen LogP contribution < -0.4 is 19.5 Å². The molecule has 112 valence electrons. The van der Waals surface area contributed by atoms with Crippen LogP contribution in [0.4, 0.5) is 0 Å². The van der Waals surface area contributed by atoms with E-state index in [1.807, 2.05) is 42.5 Å². The van der Waals surface area contributed by atoms with Crippen LogP contribution in [0.25, 0.3) is 0 Å². The average Bonchev–Trinajstić information content (AvgIpc) is 2.55. The molecule has 1 aromatic carbocycles. The van der Waals surface area contributed by atoms with Crippen LogP contribution in [0.1, 0.15) is 0 Å². The number of methoxy groups -OCH3 is 1. The largest absolute Gasteiger partial charge is 0.493 e. The van der Waals surface area contributed by atoms with Crippen molar-refractivity contribution in [3.8, 4) is 17.4 Å². The maximum Gasteiger partial charge on any atom is 0.213 e. The highest BCUT2D eigenvalue weighted by atomic mass is 16.5.